The number of amides is 1. The van der Waals surface area contributed by atoms with Crippen LogP contribution < -0.4 is 20.7 Å². The molecule has 2 aromatic heterocycles. The Hall–Kier alpha value is -5.69. The monoisotopic (exact) mass is 673 g/mol. The van der Waals surface area contributed by atoms with Crippen molar-refractivity contribution in [1.82, 2.24) is 25.0 Å². The third-order valence-electron chi connectivity index (χ3n) is 8.71. The second-order valence-electron chi connectivity index (χ2n) is 11.9. The summed E-state index contributed by atoms with van der Waals surface area (Å²) in [6, 6.07) is 13.4. The number of carbonyl (C=O) groups excluding carboxylic acids is 1. The minimum absolute atomic E-state index is 0.0485. The van der Waals surface area contributed by atoms with Crippen LogP contribution in [0, 0.1) is 17.1 Å². The Morgan fingerprint density at radius 3 is 2.40 bits per heavy atom. The molecule has 242 valence electrons. The maximum absolute atomic E-state index is 14.7. The summed E-state index contributed by atoms with van der Waals surface area (Å²) in [5.41, 5.74) is -1.68. The molecule has 5 aromatic rings. The highest BCUT2D eigenvalue weighted by Crippen LogP contribution is 2.47. The SMILES string of the molecule is Cn1ncnc1[C@H]1c2n[nH]c(=O)c3cc(F)cc(c23)N[C@@H]1c1ccc(N2C(=S)N(c3ccc(C#N)c(C(F)(F)F)c3)C(=O)C2(C)C)cc1. The van der Waals surface area contributed by atoms with Crippen LogP contribution in [0.1, 0.15) is 54.0 Å². The average molecular weight is 674 g/mol. The third-order valence-corrected chi connectivity index (χ3v) is 9.08. The molecule has 2 aliphatic rings. The van der Waals surface area contributed by atoms with Crippen molar-refractivity contribution >= 4 is 51.1 Å². The molecule has 7 rings (SSSR count). The molecule has 0 spiro atoms. The molecular weight excluding hydrogens is 650 g/mol. The average Bonchev–Trinajstić information content (AvgIpc) is 3.54. The van der Waals surface area contributed by atoms with Gasteiger partial charge in [0.2, 0.25) is 0 Å². The summed E-state index contributed by atoms with van der Waals surface area (Å²) in [5, 5.41) is 24.2. The van der Waals surface area contributed by atoms with Gasteiger partial charge < -0.3 is 10.2 Å². The van der Waals surface area contributed by atoms with Gasteiger partial charge in [0, 0.05) is 23.8 Å². The molecule has 1 amide bonds. The number of nitriles is 1. The van der Waals surface area contributed by atoms with Crippen molar-refractivity contribution in [2.24, 2.45) is 7.05 Å². The Balaban J connectivity index is 1.28. The number of nitrogens with one attached hydrogen (secondary N) is 2. The second-order valence-corrected chi connectivity index (χ2v) is 12.3. The van der Waals surface area contributed by atoms with Crippen LogP contribution in [0.25, 0.3) is 10.8 Å². The van der Waals surface area contributed by atoms with Gasteiger partial charge in [0.25, 0.3) is 11.5 Å². The van der Waals surface area contributed by atoms with Crippen LogP contribution in [-0.4, -0.2) is 41.5 Å². The number of halogens is 4. The maximum atomic E-state index is 14.7. The fourth-order valence-corrected chi connectivity index (χ4v) is 6.98. The molecule has 0 aliphatic carbocycles. The lowest BCUT2D eigenvalue weighted by Crippen LogP contribution is -2.44. The number of anilines is 3. The molecule has 11 nitrogen and oxygen atoms in total. The molecule has 4 heterocycles. The van der Waals surface area contributed by atoms with Gasteiger partial charge in [-0.3, -0.25) is 19.2 Å². The number of aromatic amines is 1. The highest BCUT2D eigenvalue weighted by Gasteiger charge is 2.51. The minimum Gasteiger partial charge on any atom is -0.376 e. The van der Waals surface area contributed by atoms with Crippen molar-refractivity contribution in [2.75, 3.05) is 15.1 Å². The number of rotatable bonds is 4. The van der Waals surface area contributed by atoms with Gasteiger partial charge in [-0.25, -0.2) is 14.5 Å². The number of alkyl halides is 3. The molecule has 1 saturated heterocycles. The van der Waals surface area contributed by atoms with Crippen LogP contribution in [-0.2, 0) is 18.0 Å². The number of benzene rings is 3. The van der Waals surface area contributed by atoms with E-state index in [0.29, 0.717) is 33.8 Å². The highest BCUT2D eigenvalue weighted by molar-refractivity contribution is 7.81. The summed E-state index contributed by atoms with van der Waals surface area (Å²) < 4.78 is 57.5. The molecule has 2 N–H and O–H groups in total. The van der Waals surface area contributed by atoms with Crippen molar-refractivity contribution in [3.8, 4) is 6.07 Å². The highest BCUT2D eigenvalue weighted by atomic mass is 32.1. The molecule has 48 heavy (non-hydrogen) atoms. The van der Waals surface area contributed by atoms with Crippen LogP contribution in [0.3, 0.4) is 0 Å². The molecule has 16 heteroatoms. The summed E-state index contributed by atoms with van der Waals surface area (Å²) >= 11 is 5.68. The third kappa shape index (κ3) is 4.60. The zero-order valence-corrected chi connectivity index (χ0v) is 26.1. The standard InChI is InChI=1S/C32H23F4N9O2S/c1-31(2)29(47)44(19-9-6-16(13-37)21(12-19)32(34,35)36)30(48)45(31)18-7-4-15(5-8-18)25-24(27-38-14-39-43(27)3)26-23-20(28(46)42-41-26)10-17(33)11-22(23)40-25/h4-12,14,24-25,40H,1-3H3,(H,42,46)/t24-,25-/m1/s1. The van der Waals surface area contributed by atoms with Crippen molar-refractivity contribution in [3.63, 3.8) is 0 Å². The Kier molecular flexibility index (Phi) is 6.88. The molecule has 0 saturated carbocycles. The Morgan fingerprint density at radius 2 is 1.75 bits per heavy atom. The quantitative estimate of drug-likeness (QED) is 0.193. The van der Waals surface area contributed by atoms with Crippen LogP contribution in [0.5, 0.6) is 0 Å². The van der Waals surface area contributed by atoms with Crippen molar-refractivity contribution in [1.29, 1.82) is 5.26 Å². The van der Waals surface area contributed by atoms with Crippen molar-refractivity contribution in [2.45, 2.75) is 37.5 Å². The Labute approximate surface area is 274 Å². The number of nitrogens with zero attached hydrogens (tertiary/aromatic N) is 7. The van der Waals surface area contributed by atoms with Gasteiger partial charge in [0.05, 0.1) is 45.9 Å². The zero-order valence-electron chi connectivity index (χ0n) is 25.3. The number of thiocarbonyl (C=S) groups is 1. The van der Waals surface area contributed by atoms with E-state index in [1.165, 1.54) is 24.5 Å². The fourth-order valence-electron chi connectivity index (χ4n) is 6.46. The first kappa shape index (κ1) is 30.9. The van der Waals surface area contributed by atoms with Gasteiger partial charge in [-0.05, 0) is 74.1 Å². The minimum atomic E-state index is -4.82. The van der Waals surface area contributed by atoms with E-state index in [1.807, 2.05) is 0 Å². The van der Waals surface area contributed by atoms with Gasteiger partial charge in [-0.2, -0.15) is 28.6 Å². The predicted octanol–water partition coefficient (Wildman–Crippen LogP) is 5.30. The molecule has 2 atom stereocenters. The number of H-pyrrole nitrogens is 1. The fraction of sp³-hybridized carbons (Fsp3) is 0.219. The van der Waals surface area contributed by atoms with E-state index in [0.717, 1.165) is 23.1 Å². The van der Waals surface area contributed by atoms with Crippen LogP contribution in [0.4, 0.5) is 34.6 Å². The molecule has 0 bridgehead atoms. The zero-order chi connectivity index (χ0) is 34.3. The van der Waals surface area contributed by atoms with E-state index in [1.54, 1.807) is 54.7 Å². The van der Waals surface area contributed by atoms with Gasteiger partial charge in [-0.1, -0.05) is 12.1 Å². The van der Waals surface area contributed by atoms with Crippen molar-refractivity contribution < 1.29 is 22.4 Å². The smallest absolute Gasteiger partial charge is 0.376 e. The second kappa shape index (κ2) is 10.7. The van der Waals surface area contributed by atoms with E-state index < -0.39 is 52.1 Å². The first-order valence-electron chi connectivity index (χ1n) is 14.4. The Morgan fingerprint density at radius 1 is 1.04 bits per heavy atom. The number of aromatic nitrogens is 5. The van der Waals surface area contributed by atoms with Gasteiger partial charge in [0.1, 0.15) is 23.5 Å². The summed E-state index contributed by atoms with van der Waals surface area (Å²) in [7, 11) is 1.72. The molecule has 2 aliphatic heterocycles. The lowest BCUT2D eigenvalue weighted by atomic mass is 9.83. The summed E-state index contributed by atoms with van der Waals surface area (Å²) in [6.07, 6.45) is -3.43. The first-order chi connectivity index (χ1) is 22.7. The van der Waals surface area contributed by atoms with E-state index in [4.69, 9.17) is 12.2 Å². The van der Waals surface area contributed by atoms with E-state index >= 15 is 0 Å². The molecule has 1 fully saturated rings. The van der Waals surface area contributed by atoms with Gasteiger partial charge in [0.15, 0.2) is 5.11 Å². The predicted molar refractivity (Wildman–Crippen MR) is 171 cm³/mol. The number of carbonyl (C=O) groups is 1. The number of aryl methyl sites for hydroxylation is 1. The number of hydrogen-bond donors (Lipinski definition) is 2. The molecular formula is C32H23F4N9O2S. The van der Waals surface area contributed by atoms with E-state index in [2.05, 4.69) is 25.6 Å². The summed E-state index contributed by atoms with van der Waals surface area (Å²) in [5.74, 6) is -1.22. The molecule has 0 unspecified atom stereocenters. The lowest BCUT2D eigenvalue weighted by Gasteiger charge is -2.34. The van der Waals surface area contributed by atoms with E-state index in [9.17, 15) is 32.4 Å². The Bertz CT molecular complexity index is 2270. The normalized spacial score (nSPS) is 18.7. The van der Waals surface area contributed by atoms with Crippen LogP contribution in [0.2, 0.25) is 0 Å². The molecule has 3 aromatic carbocycles. The van der Waals surface area contributed by atoms with Crippen LogP contribution in [0.15, 0.2) is 65.7 Å². The van der Waals surface area contributed by atoms with Gasteiger partial charge in [-0.15, -0.1) is 0 Å². The summed E-state index contributed by atoms with van der Waals surface area (Å²) in [4.78, 5) is 33.3. The topological polar surface area (TPSA) is 136 Å². The largest absolute Gasteiger partial charge is 0.417 e. The number of hydrogen-bond acceptors (Lipinski definition) is 8. The van der Waals surface area contributed by atoms with Gasteiger partial charge >= 0.3 is 6.18 Å². The first-order valence-corrected chi connectivity index (χ1v) is 14.9. The van der Waals surface area contributed by atoms with Crippen molar-refractivity contribution in [3.05, 3.63) is 105 Å². The molecule has 0 radical (unpaired) electrons. The summed E-state index contributed by atoms with van der Waals surface area (Å²) in [6.45, 7) is 3.21. The lowest BCUT2D eigenvalue weighted by molar-refractivity contribution is -0.137. The maximum Gasteiger partial charge on any atom is 0.417 e. The van der Waals surface area contributed by atoms with E-state index in [-0.39, 0.29) is 16.2 Å². The van der Waals surface area contributed by atoms with Crippen LogP contribution >= 0.6 is 12.2 Å².